The average molecular weight is 231 g/mol. The molecule has 1 aromatic carbocycles. The quantitative estimate of drug-likeness (QED) is 0.846. The van der Waals surface area contributed by atoms with Crippen molar-refractivity contribution in [2.75, 3.05) is 14.2 Å². The van der Waals surface area contributed by atoms with Crippen molar-refractivity contribution in [2.24, 2.45) is 5.73 Å². The molecule has 16 heavy (non-hydrogen) atoms. The van der Waals surface area contributed by atoms with E-state index in [2.05, 4.69) is 0 Å². The van der Waals surface area contributed by atoms with Crippen LogP contribution in [0.25, 0.3) is 0 Å². The van der Waals surface area contributed by atoms with Crippen molar-refractivity contribution in [3.05, 3.63) is 23.8 Å². The summed E-state index contributed by atoms with van der Waals surface area (Å²) < 4.78 is 34.5. The maximum absolute atomic E-state index is 12.2. The molecule has 0 bridgehead atoms. The zero-order valence-corrected chi connectivity index (χ0v) is 9.24. The molecule has 1 rings (SSSR count). The van der Waals surface area contributed by atoms with Crippen LogP contribution in [-0.4, -0.2) is 20.6 Å². The van der Waals surface area contributed by atoms with Gasteiger partial charge in [0.1, 0.15) is 11.5 Å². The highest BCUT2D eigenvalue weighted by Gasteiger charge is 2.17. The molecule has 2 N–H and O–H groups in total. The molecule has 90 valence electrons. The molecule has 5 heteroatoms. The van der Waals surface area contributed by atoms with E-state index in [0.717, 1.165) is 0 Å². The maximum atomic E-state index is 12.2. The van der Waals surface area contributed by atoms with Crippen molar-refractivity contribution in [1.29, 1.82) is 0 Å². The van der Waals surface area contributed by atoms with Gasteiger partial charge in [-0.3, -0.25) is 0 Å². The standard InChI is InChI=1S/C11H15F2NO2/c1-15-7-3-4-8(10(5-7)16-2)9(14)6-11(12)13/h3-5,9,11H,6,14H2,1-2H3/t9-/m0/s1. The number of rotatable bonds is 5. The molecule has 0 spiro atoms. The Morgan fingerprint density at radius 2 is 1.94 bits per heavy atom. The van der Waals surface area contributed by atoms with Gasteiger partial charge < -0.3 is 15.2 Å². The van der Waals surface area contributed by atoms with Crippen molar-refractivity contribution >= 4 is 0 Å². The molecule has 3 nitrogen and oxygen atoms in total. The van der Waals surface area contributed by atoms with E-state index >= 15 is 0 Å². The molecule has 0 aliphatic carbocycles. The van der Waals surface area contributed by atoms with Gasteiger partial charge in [0.2, 0.25) is 6.43 Å². The highest BCUT2D eigenvalue weighted by atomic mass is 19.3. The van der Waals surface area contributed by atoms with Crippen LogP contribution in [0.5, 0.6) is 11.5 Å². The van der Waals surface area contributed by atoms with Crippen LogP contribution in [0, 0.1) is 0 Å². The van der Waals surface area contributed by atoms with Gasteiger partial charge in [-0.2, -0.15) is 0 Å². The second-order valence-electron chi connectivity index (χ2n) is 3.34. The SMILES string of the molecule is COc1ccc([C@@H](N)CC(F)F)c(OC)c1. The zero-order chi connectivity index (χ0) is 12.1. The van der Waals surface area contributed by atoms with Gasteiger partial charge in [-0.25, -0.2) is 8.78 Å². The summed E-state index contributed by atoms with van der Waals surface area (Å²) in [6, 6.07) is 4.20. The predicted molar refractivity (Wildman–Crippen MR) is 57.1 cm³/mol. The molecule has 1 atom stereocenters. The predicted octanol–water partition coefficient (Wildman–Crippen LogP) is 2.36. The van der Waals surface area contributed by atoms with Crippen molar-refractivity contribution in [3.63, 3.8) is 0 Å². The Bertz CT molecular complexity index is 345. The topological polar surface area (TPSA) is 44.5 Å². The summed E-state index contributed by atoms with van der Waals surface area (Å²) in [7, 11) is 2.99. The molecule has 0 saturated carbocycles. The lowest BCUT2D eigenvalue weighted by Gasteiger charge is -2.16. The van der Waals surface area contributed by atoms with E-state index in [-0.39, 0.29) is 6.42 Å². The minimum atomic E-state index is -2.43. The Balaban J connectivity index is 2.94. The van der Waals surface area contributed by atoms with Crippen LogP contribution in [0.1, 0.15) is 18.0 Å². The minimum absolute atomic E-state index is 0.386. The van der Waals surface area contributed by atoms with Crippen LogP contribution in [0.15, 0.2) is 18.2 Å². The van der Waals surface area contributed by atoms with Gasteiger partial charge in [0, 0.05) is 24.1 Å². The van der Waals surface area contributed by atoms with E-state index < -0.39 is 12.5 Å². The molecule has 0 unspecified atom stereocenters. The summed E-state index contributed by atoms with van der Waals surface area (Å²) in [5.74, 6) is 1.07. The average Bonchev–Trinajstić information content (AvgIpc) is 2.27. The number of alkyl halides is 2. The smallest absolute Gasteiger partial charge is 0.240 e. The number of ether oxygens (including phenoxy) is 2. The fourth-order valence-electron chi connectivity index (χ4n) is 1.44. The molecule has 0 heterocycles. The van der Waals surface area contributed by atoms with Crippen LogP contribution in [0.2, 0.25) is 0 Å². The maximum Gasteiger partial charge on any atom is 0.240 e. The second-order valence-corrected chi connectivity index (χ2v) is 3.34. The van der Waals surface area contributed by atoms with E-state index in [1.807, 2.05) is 0 Å². The largest absolute Gasteiger partial charge is 0.497 e. The van der Waals surface area contributed by atoms with E-state index in [0.29, 0.717) is 17.1 Å². The molecule has 0 aromatic heterocycles. The molecular formula is C11H15F2NO2. The van der Waals surface area contributed by atoms with Gasteiger partial charge in [0.05, 0.1) is 14.2 Å². The Morgan fingerprint density at radius 1 is 1.25 bits per heavy atom. The van der Waals surface area contributed by atoms with Crippen LogP contribution < -0.4 is 15.2 Å². The molecule has 0 saturated heterocycles. The van der Waals surface area contributed by atoms with Gasteiger partial charge in [-0.05, 0) is 6.07 Å². The van der Waals surface area contributed by atoms with Crippen LogP contribution in [-0.2, 0) is 0 Å². The monoisotopic (exact) mass is 231 g/mol. The first-order valence-corrected chi connectivity index (χ1v) is 4.84. The molecule has 0 fully saturated rings. The third kappa shape index (κ3) is 3.06. The Kier molecular flexibility index (Phi) is 4.49. The first-order chi connectivity index (χ1) is 7.58. The van der Waals surface area contributed by atoms with Gasteiger partial charge >= 0.3 is 0 Å². The number of methoxy groups -OCH3 is 2. The Hall–Kier alpha value is -1.36. The Labute approximate surface area is 93.2 Å². The van der Waals surface area contributed by atoms with Crippen molar-refractivity contribution in [3.8, 4) is 11.5 Å². The minimum Gasteiger partial charge on any atom is -0.497 e. The highest BCUT2D eigenvalue weighted by molar-refractivity contribution is 5.42. The van der Waals surface area contributed by atoms with E-state index in [9.17, 15) is 8.78 Å². The van der Waals surface area contributed by atoms with E-state index in [1.165, 1.54) is 14.2 Å². The third-order valence-corrected chi connectivity index (χ3v) is 2.27. The number of benzene rings is 1. The lowest BCUT2D eigenvalue weighted by Crippen LogP contribution is -2.15. The summed E-state index contributed by atoms with van der Waals surface area (Å²) in [6.07, 6.45) is -2.82. The summed E-state index contributed by atoms with van der Waals surface area (Å²) in [4.78, 5) is 0. The second kappa shape index (κ2) is 5.65. The third-order valence-electron chi connectivity index (χ3n) is 2.27. The van der Waals surface area contributed by atoms with Crippen LogP contribution in [0.3, 0.4) is 0 Å². The lowest BCUT2D eigenvalue weighted by atomic mass is 10.0. The number of halogens is 2. The molecule has 1 aromatic rings. The summed E-state index contributed by atoms with van der Waals surface area (Å²) in [6.45, 7) is 0. The first kappa shape index (κ1) is 12.7. The fraction of sp³-hybridized carbons (Fsp3) is 0.455. The summed E-state index contributed by atoms with van der Waals surface area (Å²) >= 11 is 0. The van der Waals surface area contributed by atoms with E-state index in [4.69, 9.17) is 15.2 Å². The molecule has 0 aliphatic heterocycles. The van der Waals surface area contributed by atoms with Gasteiger partial charge in [0.25, 0.3) is 0 Å². The fourth-order valence-corrected chi connectivity index (χ4v) is 1.44. The molecule has 0 amide bonds. The van der Waals surface area contributed by atoms with Crippen LogP contribution >= 0.6 is 0 Å². The van der Waals surface area contributed by atoms with E-state index in [1.54, 1.807) is 18.2 Å². The number of nitrogens with two attached hydrogens (primary N) is 1. The van der Waals surface area contributed by atoms with Gasteiger partial charge in [0.15, 0.2) is 0 Å². The first-order valence-electron chi connectivity index (χ1n) is 4.84. The zero-order valence-electron chi connectivity index (χ0n) is 9.24. The number of hydrogen-bond donors (Lipinski definition) is 1. The van der Waals surface area contributed by atoms with Crippen molar-refractivity contribution in [1.82, 2.24) is 0 Å². The number of hydrogen-bond acceptors (Lipinski definition) is 3. The summed E-state index contributed by atoms with van der Waals surface area (Å²) in [5, 5.41) is 0. The van der Waals surface area contributed by atoms with Gasteiger partial charge in [-0.15, -0.1) is 0 Å². The van der Waals surface area contributed by atoms with Crippen LogP contribution in [0.4, 0.5) is 8.78 Å². The molecular weight excluding hydrogens is 216 g/mol. The molecule has 0 aliphatic rings. The Morgan fingerprint density at radius 3 is 2.44 bits per heavy atom. The van der Waals surface area contributed by atoms with Crippen molar-refractivity contribution in [2.45, 2.75) is 18.9 Å². The molecule has 0 radical (unpaired) electrons. The van der Waals surface area contributed by atoms with Crippen molar-refractivity contribution < 1.29 is 18.3 Å². The lowest BCUT2D eigenvalue weighted by molar-refractivity contribution is 0.128. The van der Waals surface area contributed by atoms with Gasteiger partial charge in [-0.1, -0.05) is 6.07 Å². The normalized spacial score (nSPS) is 12.6. The highest BCUT2D eigenvalue weighted by Crippen LogP contribution is 2.30. The summed E-state index contributed by atoms with van der Waals surface area (Å²) in [5.41, 5.74) is 6.22.